The summed E-state index contributed by atoms with van der Waals surface area (Å²) in [6.45, 7) is 1.08. The van der Waals surface area contributed by atoms with Crippen LogP contribution in [0.15, 0.2) is 72.1 Å². The highest BCUT2D eigenvalue weighted by Crippen LogP contribution is 2.22. The topological polar surface area (TPSA) is 78.5 Å². The third-order valence-electron chi connectivity index (χ3n) is 5.48. The van der Waals surface area contributed by atoms with E-state index in [0.717, 1.165) is 18.4 Å². The molecule has 1 aliphatic heterocycles. The van der Waals surface area contributed by atoms with Crippen LogP contribution in [0.3, 0.4) is 0 Å². The molecule has 0 aliphatic carbocycles. The summed E-state index contributed by atoms with van der Waals surface area (Å²) < 4.78 is 0. The van der Waals surface area contributed by atoms with Gasteiger partial charge in [0.25, 0.3) is 11.8 Å². The number of anilines is 1. The second-order valence-corrected chi connectivity index (χ2v) is 8.64. The fourth-order valence-electron chi connectivity index (χ4n) is 3.87. The van der Waals surface area contributed by atoms with Crippen molar-refractivity contribution in [2.45, 2.75) is 25.3 Å². The molecule has 2 heterocycles. The van der Waals surface area contributed by atoms with Gasteiger partial charge in [-0.2, -0.15) is 0 Å². The molecule has 2 aromatic carbocycles. The molecule has 3 amide bonds. The van der Waals surface area contributed by atoms with Gasteiger partial charge in [0, 0.05) is 24.3 Å². The first-order valence-corrected chi connectivity index (χ1v) is 11.6. The summed E-state index contributed by atoms with van der Waals surface area (Å²) in [5.74, 6) is -0.520. The Hall–Kier alpha value is -3.45. The van der Waals surface area contributed by atoms with Gasteiger partial charge in [-0.25, -0.2) is 0 Å². The monoisotopic (exact) mass is 447 g/mol. The number of hydrogen-bond donors (Lipinski definition) is 2. The molecule has 6 nitrogen and oxygen atoms in total. The van der Waals surface area contributed by atoms with Gasteiger partial charge >= 0.3 is 0 Å². The minimum atomic E-state index is -0.470. The quantitative estimate of drug-likeness (QED) is 0.575. The number of likely N-dealkylation sites (tertiary alicyclic amines) is 1. The third kappa shape index (κ3) is 5.23. The summed E-state index contributed by atoms with van der Waals surface area (Å²) in [6, 6.07) is 19.9. The molecule has 1 aliphatic rings. The average molecular weight is 448 g/mol. The molecule has 0 spiro atoms. The van der Waals surface area contributed by atoms with Gasteiger partial charge < -0.3 is 15.5 Å². The van der Waals surface area contributed by atoms with Crippen LogP contribution < -0.4 is 10.6 Å². The van der Waals surface area contributed by atoms with Crippen molar-refractivity contribution >= 4 is 34.7 Å². The van der Waals surface area contributed by atoms with Crippen LogP contribution in [-0.4, -0.2) is 41.8 Å². The highest BCUT2D eigenvalue weighted by molar-refractivity contribution is 7.12. The van der Waals surface area contributed by atoms with E-state index < -0.39 is 6.04 Å². The van der Waals surface area contributed by atoms with Gasteiger partial charge in [0.1, 0.15) is 6.04 Å². The Morgan fingerprint density at radius 2 is 1.84 bits per heavy atom. The maximum Gasteiger partial charge on any atom is 0.265 e. The molecule has 164 valence electrons. The zero-order chi connectivity index (χ0) is 22.3. The van der Waals surface area contributed by atoms with E-state index in [1.165, 1.54) is 11.3 Å². The summed E-state index contributed by atoms with van der Waals surface area (Å²) in [5.41, 5.74) is 2.17. The molecule has 32 heavy (non-hydrogen) atoms. The predicted molar refractivity (Wildman–Crippen MR) is 126 cm³/mol. The Labute approximate surface area is 191 Å². The lowest BCUT2D eigenvalue weighted by molar-refractivity contribution is -0.124. The van der Waals surface area contributed by atoms with Crippen molar-refractivity contribution in [2.75, 3.05) is 18.4 Å². The summed E-state index contributed by atoms with van der Waals surface area (Å²) in [4.78, 5) is 40.5. The van der Waals surface area contributed by atoms with Crippen LogP contribution in [0.2, 0.25) is 0 Å². The van der Waals surface area contributed by atoms with E-state index in [0.29, 0.717) is 35.6 Å². The summed E-state index contributed by atoms with van der Waals surface area (Å²) >= 11 is 1.36. The molecular weight excluding hydrogens is 422 g/mol. The maximum absolute atomic E-state index is 13.2. The SMILES string of the molecule is O=C(Nc1cccc(C(=O)N2CCCC2C(=O)NCCc2ccccc2)c1)c1cccs1. The number of amides is 3. The van der Waals surface area contributed by atoms with E-state index >= 15 is 0 Å². The van der Waals surface area contributed by atoms with E-state index in [9.17, 15) is 14.4 Å². The molecule has 1 aromatic heterocycles. The molecule has 1 unspecified atom stereocenters. The van der Waals surface area contributed by atoms with Crippen molar-refractivity contribution in [2.24, 2.45) is 0 Å². The van der Waals surface area contributed by atoms with Crippen molar-refractivity contribution in [3.05, 3.63) is 88.1 Å². The Kier molecular flexibility index (Phi) is 6.97. The zero-order valence-electron chi connectivity index (χ0n) is 17.6. The van der Waals surface area contributed by atoms with Crippen molar-refractivity contribution < 1.29 is 14.4 Å². The molecule has 0 bridgehead atoms. The molecule has 7 heteroatoms. The van der Waals surface area contributed by atoms with Gasteiger partial charge in [-0.3, -0.25) is 14.4 Å². The van der Waals surface area contributed by atoms with E-state index in [4.69, 9.17) is 0 Å². The van der Waals surface area contributed by atoms with Crippen LogP contribution in [0.25, 0.3) is 0 Å². The van der Waals surface area contributed by atoms with Gasteiger partial charge in [0.2, 0.25) is 5.91 Å². The molecule has 1 atom stereocenters. The van der Waals surface area contributed by atoms with Crippen LogP contribution >= 0.6 is 11.3 Å². The fourth-order valence-corrected chi connectivity index (χ4v) is 4.49. The number of thiophene rings is 1. The number of carbonyl (C=O) groups is 3. The maximum atomic E-state index is 13.2. The first kappa shape index (κ1) is 21.8. The van der Waals surface area contributed by atoms with E-state index in [-0.39, 0.29) is 17.7 Å². The minimum Gasteiger partial charge on any atom is -0.354 e. The Morgan fingerprint density at radius 1 is 1.00 bits per heavy atom. The van der Waals surface area contributed by atoms with E-state index in [1.807, 2.05) is 41.8 Å². The largest absolute Gasteiger partial charge is 0.354 e. The minimum absolute atomic E-state index is 0.117. The van der Waals surface area contributed by atoms with Crippen molar-refractivity contribution in [1.82, 2.24) is 10.2 Å². The van der Waals surface area contributed by atoms with Gasteiger partial charge in [0.05, 0.1) is 4.88 Å². The fraction of sp³-hybridized carbons (Fsp3) is 0.240. The molecule has 0 saturated carbocycles. The first-order valence-electron chi connectivity index (χ1n) is 10.7. The van der Waals surface area contributed by atoms with Crippen LogP contribution in [0, 0.1) is 0 Å². The average Bonchev–Trinajstić information content (AvgIpc) is 3.52. The van der Waals surface area contributed by atoms with E-state index in [2.05, 4.69) is 10.6 Å². The van der Waals surface area contributed by atoms with Crippen molar-refractivity contribution in [1.29, 1.82) is 0 Å². The Balaban J connectivity index is 1.37. The number of nitrogens with one attached hydrogen (secondary N) is 2. The first-order chi connectivity index (χ1) is 15.6. The summed E-state index contributed by atoms with van der Waals surface area (Å²) in [6.07, 6.45) is 2.19. The van der Waals surface area contributed by atoms with Crippen LogP contribution in [0.4, 0.5) is 5.69 Å². The second kappa shape index (κ2) is 10.2. The van der Waals surface area contributed by atoms with E-state index in [1.54, 1.807) is 35.2 Å². The van der Waals surface area contributed by atoms with Crippen LogP contribution in [0.1, 0.15) is 38.4 Å². The highest BCUT2D eigenvalue weighted by Gasteiger charge is 2.34. The number of benzene rings is 2. The second-order valence-electron chi connectivity index (χ2n) is 7.70. The Bertz CT molecular complexity index is 1080. The normalized spacial score (nSPS) is 15.4. The van der Waals surface area contributed by atoms with Crippen LogP contribution in [0.5, 0.6) is 0 Å². The third-order valence-corrected chi connectivity index (χ3v) is 6.35. The van der Waals surface area contributed by atoms with Gasteiger partial charge in [-0.05, 0) is 54.5 Å². The summed E-state index contributed by atoms with van der Waals surface area (Å²) in [5, 5.41) is 7.64. The molecule has 3 aromatic rings. The Morgan fingerprint density at radius 3 is 2.62 bits per heavy atom. The van der Waals surface area contributed by atoms with Gasteiger partial charge in [-0.15, -0.1) is 11.3 Å². The number of rotatable bonds is 7. The number of carbonyl (C=O) groups excluding carboxylic acids is 3. The standard InChI is InChI=1S/C25H25N3O3S/c29-23(26-14-13-18-7-2-1-3-8-18)21-11-5-15-28(21)25(31)19-9-4-10-20(17-19)27-24(30)22-12-6-16-32-22/h1-4,6-10,12,16-17,21H,5,11,13-15H2,(H,26,29)(H,27,30). The predicted octanol–water partition coefficient (Wildman–Crippen LogP) is 3.96. The number of nitrogens with zero attached hydrogens (tertiary/aromatic N) is 1. The lowest BCUT2D eigenvalue weighted by Gasteiger charge is -2.24. The number of hydrogen-bond acceptors (Lipinski definition) is 4. The smallest absolute Gasteiger partial charge is 0.265 e. The highest BCUT2D eigenvalue weighted by atomic mass is 32.1. The van der Waals surface area contributed by atoms with Crippen LogP contribution in [-0.2, 0) is 11.2 Å². The molecule has 4 rings (SSSR count). The lowest BCUT2D eigenvalue weighted by atomic mass is 10.1. The van der Waals surface area contributed by atoms with Gasteiger partial charge in [-0.1, -0.05) is 42.5 Å². The molecule has 1 fully saturated rings. The van der Waals surface area contributed by atoms with Crippen molar-refractivity contribution in [3.8, 4) is 0 Å². The lowest BCUT2D eigenvalue weighted by Crippen LogP contribution is -2.46. The molecule has 1 saturated heterocycles. The zero-order valence-corrected chi connectivity index (χ0v) is 18.4. The molecule has 2 N–H and O–H groups in total. The molecular formula is C25H25N3O3S. The summed E-state index contributed by atoms with van der Waals surface area (Å²) in [7, 11) is 0. The molecule has 0 radical (unpaired) electrons. The van der Waals surface area contributed by atoms with Gasteiger partial charge in [0.15, 0.2) is 0 Å². The van der Waals surface area contributed by atoms with Crippen molar-refractivity contribution in [3.63, 3.8) is 0 Å².